The fourth-order valence-electron chi connectivity index (χ4n) is 2.03. The number of furan rings is 1. The molecule has 0 aliphatic heterocycles. The molecule has 4 nitrogen and oxygen atoms in total. The van der Waals surface area contributed by atoms with Gasteiger partial charge in [0.1, 0.15) is 5.76 Å². The molecule has 0 saturated carbocycles. The van der Waals surface area contributed by atoms with E-state index in [1.807, 2.05) is 24.3 Å². The number of sulfone groups is 1. The zero-order valence-electron chi connectivity index (χ0n) is 11.7. The molecule has 1 aromatic heterocycles. The number of nitrogens with one attached hydrogen (secondary N) is 1. The van der Waals surface area contributed by atoms with E-state index in [0.717, 1.165) is 24.3 Å². The molecule has 2 rings (SSSR count). The molecule has 0 amide bonds. The normalized spacial score (nSPS) is 13.3. The largest absolute Gasteiger partial charge is 0.467 e. The van der Waals surface area contributed by atoms with Crippen LogP contribution in [0, 0.1) is 0 Å². The first-order valence-electron chi connectivity index (χ1n) is 6.59. The van der Waals surface area contributed by atoms with Crippen LogP contribution in [-0.2, 0) is 9.84 Å². The van der Waals surface area contributed by atoms with Crippen molar-refractivity contribution in [2.24, 2.45) is 0 Å². The fourth-order valence-corrected chi connectivity index (χ4v) is 2.66. The number of benzene rings is 1. The van der Waals surface area contributed by atoms with E-state index in [9.17, 15) is 8.42 Å². The molecule has 5 heteroatoms. The van der Waals surface area contributed by atoms with Crippen LogP contribution in [-0.4, -0.2) is 21.2 Å². The third kappa shape index (κ3) is 3.49. The molecular formula is C15H19NO3S. The van der Waals surface area contributed by atoms with Crippen molar-refractivity contribution < 1.29 is 12.8 Å². The first-order chi connectivity index (χ1) is 9.52. The monoisotopic (exact) mass is 293 g/mol. The van der Waals surface area contributed by atoms with Crippen LogP contribution in [0.2, 0.25) is 0 Å². The van der Waals surface area contributed by atoms with E-state index in [2.05, 4.69) is 12.2 Å². The van der Waals surface area contributed by atoms with Gasteiger partial charge in [-0.2, -0.15) is 0 Å². The second-order valence-electron chi connectivity index (χ2n) is 4.74. The summed E-state index contributed by atoms with van der Waals surface area (Å²) in [4.78, 5) is 0.329. The summed E-state index contributed by atoms with van der Waals surface area (Å²) in [5.74, 6) is 0.825. The van der Waals surface area contributed by atoms with Gasteiger partial charge in [0.05, 0.1) is 17.2 Å². The third-order valence-corrected chi connectivity index (χ3v) is 4.20. The molecule has 1 N–H and O–H groups in total. The predicted octanol–water partition coefficient (Wildman–Crippen LogP) is 2.77. The number of rotatable bonds is 6. The maximum absolute atomic E-state index is 11.5. The first-order valence-corrected chi connectivity index (χ1v) is 8.48. The number of hydrogen-bond acceptors (Lipinski definition) is 4. The molecule has 1 aromatic carbocycles. The minimum absolute atomic E-state index is 0.0569. The molecule has 0 spiro atoms. The van der Waals surface area contributed by atoms with Gasteiger partial charge in [-0.1, -0.05) is 19.1 Å². The Kier molecular flexibility index (Phi) is 4.62. The van der Waals surface area contributed by atoms with Gasteiger partial charge in [-0.15, -0.1) is 0 Å². The van der Waals surface area contributed by atoms with Crippen LogP contribution in [0.15, 0.2) is 52.0 Å². The molecule has 2 aromatic rings. The third-order valence-electron chi connectivity index (χ3n) is 3.07. The molecule has 0 saturated heterocycles. The smallest absolute Gasteiger partial charge is 0.175 e. The van der Waals surface area contributed by atoms with Crippen molar-refractivity contribution in [1.29, 1.82) is 0 Å². The first kappa shape index (κ1) is 14.8. The summed E-state index contributed by atoms with van der Waals surface area (Å²) < 4.78 is 28.4. The predicted molar refractivity (Wildman–Crippen MR) is 78.4 cm³/mol. The van der Waals surface area contributed by atoms with Gasteiger partial charge in [0.15, 0.2) is 9.84 Å². The average molecular weight is 293 g/mol. The van der Waals surface area contributed by atoms with Gasteiger partial charge in [0, 0.05) is 6.26 Å². The Morgan fingerprint density at radius 3 is 2.40 bits per heavy atom. The lowest BCUT2D eigenvalue weighted by Crippen LogP contribution is -2.22. The highest BCUT2D eigenvalue weighted by molar-refractivity contribution is 7.90. The van der Waals surface area contributed by atoms with Crippen molar-refractivity contribution in [1.82, 2.24) is 5.32 Å². The van der Waals surface area contributed by atoms with Crippen molar-refractivity contribution in [3.05, 3.63) is 54.0 Å². The van der Waals surface area contributed by atoms with Crippen LogP contribution in [0.4, 0.5) is 0 Å². The average Bonchev–Trinajstić information content (AvgIpc) is 2.93. The van der Waals surface area contributed by atoms with Crippen molar-refractivity contribution in [3.8, 4) is 0 Å². The van der Waals surface area contributed by atoms with Crippen molar-refractivity contribution in [2.45, 2.75) is 24.3 Å². The summed E-state index contributed by atoms with van der Waals surface area (Å²) in [6, 6.07) is 10.6. The molecule has 0 bridgehead atoms. The molecule has 1 unspecified atom stereocenters. The summed E-state index contributed by atoms with van der Waals surface area (Å²) in [5, 5.41) is 3.40. The Morgan fingerprint density at radius 2 is 1.90 bits per heavy atom. The summed E-state index contributed by atoms with van der Waals surface area (Å²) >= 11 is 0. The Bertz CT molecular complexity index is 630. The van der Waals surface area contributed by atoms with Gasteiger partial charge in [0.25, 0.3) is 0 Å². The second kappa shape index (κ2) is 6.24. The Labute approximate surface area is 119 Å². The lowest BCUT2D eigenvalue weighted by Gasteiger charge is -2.17. The molecule has 20 heavy (non-hydrogen) atoms. The highest BCUT2D eigenvalue weighted by Gasteiger charge is 2.16. The van der Waals surface area contributed by atoms with Crippen LogP contribution in [0.1, 0.15) is 30.7 Å². The fraction of sp³-hybridized carbons (Fsp3) is 0.333. The molecule has 0 fully saturated rings. The standard InChI is InChI=1S/C15H19NO3S/c1-3-10-16-15(14-5-4-11-19-14)12-6-8-13(9-7-12)20(2,17)18/h4-9,11,15-16H,3,10H2,1-2H3. The Hall–Kier alpha value is -1.59. The summed E-state index contributed by atoms with van der Waals surface area (Å²) in [5.41, 5.74) is 0.987. The summed E-state index contributed by atoms with van der Waals surface area (Å²) in [6.45, 7) is 2.96. The molecule has 1 heterocycles. The van der Waals surface area contributed by atoms with E-state index in [1.54, 1.807) is 18.4 Å². The van der Waals surface area contributed by atoms with Crippen LogP contribution in [0.5, 0.6) is 0 Å². The van der Waals surface area contributed by atoms with Crippen molar-refractivity contribution >= 4 is 9.84 Å². The Balaban J connectivity index is 2.30. The maximum atomic E-state index is 11.5. The molecule has 0 aliphatic carbocycles. The van der Waals surface area contributed by atoms with E-state index >= 15 is 0 Å². The van der Waals surface area contributed by atoms with E-state index in [4.69, 9.17) is 4.42 Å². The van der Waals surface area contributed by atoms with Gasteiger partial charge < -0.3 is 9.73 Å². The quantitative estimate of drug-likeness (QED) is 0.889. The van der Waals surface area contributed by atoms with Gasteiger partial charge in [-0.3, -0.25) is 0 Å². The minimum atomic E-state index is -3.16. The summed E-state index contributed by atoms with van der Waals surface area (Å²) in [7, 11) is -3.16. The zero-order chi connectivity index (χ0) is 14.6. The molecule has 1 atom stereocenters. The van der Waals surface area contributed by atoms with Crippen molar-refractivity contribution in [2.75, 3.05) is 12.8 Å². The molecule has 108 valence electrons. The Morgan fingerprint density at radius 1 is 1.20 bits per heavy atom. The van der Waals surface area contributed by atoms with Gasteiger partial charge in [-0.25, -0.2) is 8.42 Å². The zero-order valence-corrected chi connectivity index (χ0v) is 12.5. The van der Waals surface area contributed by atoms with Crippen LogP contribution in [0.3, 0.4) is 0 Å². The van der Waals surface area contributed by atoms with Gasteiger partial charge in [0.2, 0.25) is 0 Å². The topological polar surface area (TPSA) is 59.3 Å². The molecule has 0 aliphatic rings. The SMILES string of the molecule is CCCNC(c1ccc(S(C)(=O)=O)cc1)c1ccco1. The van der Waals surface area contributed by atoms with E-state index in [1.165, 1.54) is 6.26 Å². The number of hydrogen-bond donors (Lipinski definition) is 1. The second-order valence-corrected chi connectivity index (χ2v) is 6.76. The van der Waals surface area contributed by atoms with Crippen LogP contribution in [0.25, 0.3) is 0 Å². The lowest BCUT2D eigenvalue weighted by atomic mass is 10.0. The lowest BCUT2D eigenvalue weighted by molar-refractivity contribution is 0.446. The summed E-state index contributed by atoms with van der Waals surface area (Å²) in [6.07, 6.45) is 3.86. The van der Waals surface area contributed by atoms with Crippen molar-refractivity contribution in [3.63, 3.8) is 0 Å². The van der Waals surface area contributed by atoms with Crippen LogP contribution < -0.4 is 5.32 Å². The van der Waals surface area contributed by atoms with Gasteiger partial charge >= 0.3 is 0 Å². The minimum Gasteiger partial charge on any atom is -0.467 e. The highest BCUT2D eigenvalue weighted by atomic mass is 32.2. The van der Waals surface area contributed by atoms with E-state index in [-0.39, 0.29) is 6.04 Å². The molecule has 0 radical (unpaired) electrons. The maximum Gasteiger partial charge on any atom is 0.175 e. The highest BCUT2D eigenvalue weighted by Crippen LogP contribution is 2.23. The molecular weight excluding hydrogens is 274 g/mol. The van der Waals surface area contributed by atoms with E-state index < -0.39 is 9.84 Å². The van der Waals surface area contributed by atoms with Gasteiger partial charge in [-0.05, 0) is 42.8 Å². The van der Waals surface area contributed by atoms with Crippen LogP contribution >= 0.6 is 0 Å². The van der Waals surface area contributed by atoms with E-state index in [0.29, 0.717) is 4.90 Å².